The van der Waals surface area contributed by atoms with Crippen molar-refractivity contribution in [2.45, 2.75) is 33.2 Å². The van der Waals surface area contributed by atoms with E-state index in [9.17, 15) is 9.59 Å². The van der Waals surface area contributed by atoms with E-state index in [1.165, 1.54) is 0 Å². The van der Waals surface area contributed by atoms with E-state index in [0.717, 1.165) is 37.5 Å². The number of aliphatic imine (C=N–C) groups is 1. The van der Waals surface area contributed by atoms with Gasteiger partial charge in [-0.1, -0.05) is 25.5 Å². The molecule has 0 unspecified atom stereocenters. The lowest BCUT2D eigenvalue weighted by molar-refractivity contribution is -0.123. The van der Waals surface area contributed by atoms with E-state index in [1.54, 1.807) is 17.0 Å². The van der Waals surface area contributed by atoms with E-state index in [4.69, 9.17) is 0 Å². The summed E-state index contributed by atoms with van der Waals surface area (Å²) in [6, 6.07) is 7.43. The molecule has 1 aromatic rings. The number of hydrogen-bond donors (Lipinski definition) is 3. The van der Waals surface area contributed by atoms with Crippen LogP contribution >= 0.6 is 0 Å². The highest BCUT2D eigenvalue weighted by Crippen LogP contribution is 2.10. The van der Waals surface area contributed by atoms with Gasteiger partial charge in [0.25, 0.3) is 5.91 Å². The molecule has 26 heavy (non-hydrogen) atoms. The lowest BCUT2D eigenvalue weighted by Gasteiger charge is -2.26. The lowest BCUT2D eigenvalue weighted by atomic mass is 10.1. The SMILES string of the molecule is CCCCNC(=NCc1ccc(C(=O)N2CCNC(=O)C2)cc1)NCC. The zero-order valence-corrected chi connectivity index (χ0v) is 15.7. The van der Waals surface area contributed by atoms with E-state index < -0.39 is 0 Å². The fraction of sp³-hybridized carbons (Fsp3) is 0.526. The second kappa shape index (κ2) is 10.4. The summed E-state index contributed by atoms with van der Waals surface area (Å²) in [6.07, 6.45) is 2.25. The van der Waals surface area contributed by atoms with E-state index in [1.807, 2.05) is 19.1 Å². The van der Waals surface area contributed by atoms with Crippen molar-refractivity contribution in [1.29, 1.82) is 0 Å². The average molecular weight is 359 g/mol. The first-order chi connectivity index (χ1) is 12.6. The second-order valence-electron chi connectivity index (χ2n) is 6.25. The van der Waals surface area contributed by atoms with Gasteiger partial charge in [0.2, 0.25) is 5.91 Å². The molecule has 0 bridgehead atoms. The molecular weight excluding hydrogens is 330 g/mol. The number of rotatable bonds is 7. The summed E-state index contributed by atoms with van der Waals surface area (Å²) in [7, 11) is 0. The van der Waals surface area contributed by atoms with E-state index >= 15 is 0 Å². The standard InChI is InChI=1S/C19H29N5O2/c1-3-5-10-22-19(20-4-2)23-13-15-6-8-16(9-7-15)18(26)24-12-11-21-17(25)14-24/h6-9H,3-5,10-14H2,1-2H3,(H,21,25)(H2,20,22,23). The Labute approximate surface area is 155 Å². The number of guanidine groups is 1. The predicted octanol–water partition coefficient (Wildman–Crippen LogP) is 1.11. The minimum Gasteiger partial charge on any atom is -0.357 e. The monoisotopic (exact) mass is 359 g/mol. The molecule has 0 atom stereocenters. The van der Waals surface area contributed by atoms with Crippen molar-refractivity contribution < 1.29 is 9.59 Å². The molecule has 1 fully saturated rings. The van der Waals surface area contributed by atoms with Gasteiger partial charge in [0, 0.05) is 31.7 Å². The molecule has 0 radical (unpaired) electrons. The number of piperazine rings is 1. The molecule has 1 aliphatic heterocycles. The third-order valence-electron chi connectivity index (χ3n) is 4.11. The van der Waals surface area contributed by atoms with Gasteiger partial charge in [-0.3, -0.25) is 9.59 Å². The van der Waals surface area contributed by atoms with Crippen LogP contribution in [0.25, 0.3) is 0 Å². The Morgan fingerprint density at radius 1 is 1.23 bits per heavy atom. The first-order valence-electron chi connectivity index (χ1n) is 9.31. The molecule has 2 amide bonds. The Kier molecular flexibility index (Phi) is 7.92. The van der Waals surface area contributed by atoms with Crippen molar-refractivity contribution in [1.82, 2.24) is 20.9 Å². The van der Waals surface area contributed by atoms with Gasteiger partial charge in [-0.15, -0.1) is 0 Å². The molecule has 1 aromatic carbocycles. The van der Waals surface area contributed by atoms with Crippen LogP contribution in [0.15, 0.2) is 29.3 Å². The van der Waals surface area contributed by atoms with Crippen molar-refractivity contribution >= 4 is 17.8 Å². The van der Waals surface area contributed by atoms with Crippen LogP contribution in [-0.4, -0.2) is 55.4 Å². The lowest BCUT2D eigenvalue weighted by Crippen LogP contribution is -2.49. The van der Waals surface area contributed by atoms with Gasteiger partial charge in [0.05, 0.1) is 13.1 Å². The Bertz CT molecular complexity index is 627. The van der Waals surface area contributed by atoms with E-state index in [0.29, 0.717) is 25.2 Å². The maximum Gasteiger partial charge on any atom is 0.254 e. The zero-order chi connectivity index (χ0) is 18.8. The number of unbranched alkanes of at least 4 members (excludes halogenated alkanes) is 1. The highest BCUT2D eigenvalue weighted by atomic mass is 16.2. The van der Waals surface area contributed by atoms with Gasteiger partial charge >= 0.3 is 0 Å². The molecule has 0 spiro atoms. The molecule has 7 nitrogen and oxygen atoms in total. The maximum absolute atomic E-state index is 12.5. The molecule has 1 heterocycles. The zero-order valence-electron chi connectivity index (χ0n) is 15.7. The number of hydrogen-bond acceptors (Lipinski definition) is 3. The van der Waals surface area contributed by atoms with Gasteiger partial charge in [0.1, 0.15) is 0 Å². The largest absolute Gasteiger partial charge is 0.357 e. The summed E-state index contributed by atoms with van der Waals surface area (Å²) < 4.78 is 0. The third kappa shape index (κ3) is 6.06. The van der Waals surface area contributed by atoms with Crippen LogP contribution in [-0.2, 0) is 11.3 Å². The molecule has 0 saturated carbocycles. The third-order valence-corrected chi connectivity index (χ3v) is 4.11. The van der Waals surface area contributed by atoms with Crippen LogP contribution in [0.3, 0.4) is 0 Å². The second-order valence-corrected chi connectivity index (χ2v) is 6.25. The normalized spacial score (nSPS) is 14.8. The molecule has 0 aliphatic carbocycles. The number of amides is 2. The highest BCUT2D eigenvalue weighted by molar-refractivity contribution is 5.97. The fourth-order valence-electron chi connectivity index (χ4n) is 2.64. The quantitative estimate of drug-likeness (QED) is 0.387. The molecule has 1 saturated heterocycles. The van der Waals surface area contributed by atoms with Crippen molar-refractivity contribution in [3.8, 4) is 0 Å². The molecule has 2 rings (SSSR count). The fourth-order valence-corrected chi connectivity index (χ4v) is 2.64. The molecule has 142 valence electrons. The maximum atomic E-state index is 12.5. The molecule has 0 aromatic heterocycles. The van der Waals surface area contributed by atoms with Crippen LogP contribution in [0, 0.1) is 0 Å². The number of nitrogens with zero attached hydrogens (tertiary/aromatic N) is 2. The van der Waals surface area contributed by atoms with Crippen molar-refractivity contribution in [2.75, 3.05) is 32.7 Å². The van der Waals surface area contributed by atoms with Gasteiger partial charge in [-0.2, -0.15) is 0 Å². The highest BCUT2D eigenvalue weighted by Gasteiger charge is 2.21. The Morgan fingerprint density at radius 2 is 2.00 bits per heavy atom. The average Bonchev–Trinajstić information content (AvgIpc) is 2.66. The summed E-state index contributed by atoms with van der Waals surface area (Å²) in [5.41, 5.74) is 1.63. The van der Waals surface area contributed by atoms with Crippen molar-refractivity contribution in [3.63, 3.8) is 0 Å². The summed E-state index contributed by atoms with van der Waals surface area (Å²) in [6.45, 7) is 7.64. The van der Waals surface area contributed by atoms with Crippen LogP contribution < -0.4 is 16.0 Å². The van der Waals surface area contributed by atoms with Gasteiger partial charge in [-0.25, -0.2) is 4.99 Å². The van der Waals surface area contributed by atoms with Crippen LogP contribution in [0.4, 0.5) is 0 Å². The van der Waals surface area contributed by atoms with Crippen molar-refractivity contribution in [2.24, 2.45) is 4.99 Å². The smallest absolute Gasteiger partial charge is 0.254 e. The summed E-state index contributed by atoms with van der Waals surface area (Å²) in [5.74, 6) is 0.590. The number of carbonyl (C=O) groups is 2. The first kappa shape index (κ1) is 19.8. The van der Waals surface area contributed by atoms with Crippen LogP contribution in [0.1, 0.15) is 42.6 Å². The summed E-state index contributed by atoms with van der Waals surface area (Å²) in [5, 5.41) is 9.26. The summed E-state index contributed by atoms with van der Waals surface area (Å²) >= 11 is 0. The van der Waals surface area contributed by atoms with E-state index in [-0.39, 0.29) is 18.4 Å². The van der Waals surface area contributed by atoms with Crippen molar-refractivity contribution in [3.05, 3.63) is 35.4 Å². The predicted molar refractivity (Wildman–Crippen MR) is 103 cm³/mol. The Hall–Kier alpha value is -2.57. The number of nitrogens with one attached hydrogen (secondary N) is 3. The van der Waals surface area contributed by atoms with Gasteiger partial charge < -0.3 is 20.9 Å². The topological polar surface area (TPSA) is 85.8 Å². The number of benzene rings is 1. The molecular formula is C19H29N5O2. The number of carbonyl (C=O) groups excluding carboxylic acids is 2. The van der Waals surface area contributed by atoms with Gasteiger partial charge in [-0.05, 0) is 31.0 Å². The first-order valence-corrected chi connectivity index (χ1v) is 9.31. The van der Waals surface area contributed by atoms with Crippen LogP contribution in [0.5, 0.6) is 0 Å². The summed E-state index contributed by atoms with van der Waals surface area (Å²) in [4.78, 5) is 30.0. The Balaban J connectivity index is 1.94. The van der Waals surface area contributed by atoms with Crippen LogP contribution in [0.2, 0.25) is 0 Å². The van der Waals surface area contributed by atoms with Gasteiger partial charge in [0.15, 0.2) is 5.96 Å². The molecule has 1 aliphatic rings. The minimum absolute atomic E-state index is 0.107. The molecule has 7 heteroatoms. The Morgan fingerprint density at radius 3 is 2.65 bits per heavy atom. The van der Waals surface area contributed by atoms with E-state index in [2.05, 4.69) is 27.9 Å². The molecule has 3 N–H and O–H groups in total. The minimum atomic E-state index is -0.109.